The number of hydrogen-bond acceptors (Lipinski definition) is 5. The van der Waals surface area contributed by atoms with Crippen LogP contribution < -0.4 is 25.0 Å². The van der Waals surface area contributed by atoms with Gasteiger partial charge in [-0.25, -0.2) is 0 Å². The molecule has 0 heterocycles. The van der Waals surface area contributed by atoms with E-state index in [1.54, 1.807) is 0 Å². The molecule has 0 spiro atoms. The summed E-state index contributed by atoms with van der Waals surface area (Å²) in [6.45, 7) is 2.07. The highest BCUT2D eigenvalue weighted by atomic mass is 16.5. The molecule has 270 valence electrons. The van der Waals surface area contributed by atoms with Crippen LogP contribution in [0.4, 0.5) is 39.8 Å². The summed E-state index contributed by atoms with van der Waals surface area (Å²) in [5, 5.41) is 0. The fraction of sp³-hybridized carbons (Fsp3) is 0.0400. The zero-order valence-corrected chi connectivity index (χ0v) is 29.9. The van der Waals surface area contributed by atoms with Crippen molar-refractivity contribution < 1.29 is 9.47 Å². The third kappa shape index (κ3) is 8.54. The van der Waals surface area contributed by atoms with Crippen LogP contribution in [0.25, 0.3) is 11.1 Å². The first-order valence-electron chi connectivity index (χ1n) is 17.9. The van der Waals surface area contributed by atoms with E-state index in [1.807, 2.05) is 72.8 Å². The standard InChI is InChI=1S/C49H39N3O2.CH4/c1-36-12-28-46(29-13-36)53-48-32-24-44(25-33-48)51(40-8-4-2-5-9-40)42-20-14-37(15-21-42)38-16-22-43(23-17-38)52(41-10-6-3-7-11-41)45-26-34-49(35-27-45)54-47-30-18-39(50)19-31-47;/h2-35H,50H2,1H3;1H4. The lowest BCUT2D eigenvalue weighted by Gasteiger charge is -2.26. The average molecular weight is 718 g/mol. The molecule has 55 heavy (non-hydrogen) atoms. The first kappa shape index (κ1) is 36.1. The SMILES string of the molecule is C.Cc1ccc(Oc2ccc(N(c3ccccc3)c3ccc(-c4ccc(N(c5ccccc5)c5ccc(Oc6ccc(N)cc6)cc5)cc4)cc3)cc2)cc1. The molecule has 0 radical (unpaired) electrons. The van der Waals surface area contributed by atoms with E-state index in [4.69, 9.17) is 15.2 Å². The van der Waals surface area contributed by atoms with Gasteiger partial charge in [-0.3, -0.25) is 0 Å². The molecule has 0 amide bonds. The second-order valence-corrected chi connectivity index (χ2v) is 13.0. The van der Waals surface area contributed by atoms with Crippen LogP contribution in [0.2, 0.25) is 0 Å². The van der Waals surface area contributed by atoms with Gasteiger partial charge < -0.3 is 25.0 Å². The summed E-state index contributed by atoms with van der Waals surface area (Å²) in [7, 11) is 0. The van der Waals surface area contributed by atoms with E-state index in [9.17, 15) is 0 Å². The molecule has 0 aliphatic carbocycles. The van der Waals surface area contributed by atoms with Gasteiger partial charge in [-0.2, -0.15) is 0 Å². The fourth-order valence-electron chi connectivity index (χ4n) is 6.40. The first-order chi connectivity index (χ1) is 26.6. The van der Waals surface area contributed by atoms with Crippen molar-refractivity contribution >= 4 is 39.8 Å². The molecule has 8 aromatic carbocycles. The molecule has 0 aromatic heterocycles. The van der Waals surface area contributed by atoms with Crippen molar-refractivity contribution in [2.75, 3.05) is 15.5 Å². The van der Waals surface area contributed by atoms with E-state index in [1.165, 1.54) is 5.56 Å². The van der Waals surface area contributed by atoms with Crippen LogP contribution in [0, 0.1) is 6.92 Å². The number of anilines is 7. The van der Waals surface area contributed by atoms with Crippen LogP contribution >= 0.6 is 0 Å². The van der Waals surface area contributed by atoms with Crippen LogP contribution in [-0.4, -0.2) is 0 Å². The molecule has 0 bridgehead atoms. The van der Waals surface area contributed by atoms with E-state index in [2.05, 4.69) is 150 Å². The Bertz CT molecular complexity index is 2220. The normalized spacial score (nSPS) is 10.6. The van der Waals surface area contributed by atoms with Crippen LogP contribution in [-0.2, 0) is 0 Å². The Morgan fingerprint density at radius 1 is 0.327 bits per heavy atom. The molecule has 0 fully saturated rings. The van der Waals surface area contributed by atoms with Gasteiger partial charge in [-0.15, -0.1) is 0 Å². The minimum Gasteiger partial charge on any atom is -0.457 e. The summed E-state index contributed by atoms with van der Waals surface area (Å²) in [4.78, 5) is 4.50. The smallest absolute Gasteiger partial charge is 0.127 e. The van der Waals surface area contributed by atoms with Crippen LogP contribution in [0.3, 0.4) is 0 Å². The molecule has 0 unspecified atom stereocenters. The predicted molar refractivity (Wildman–Crippen MR) is 230 cm³/mol. The molecule has 8 rings (SSSR count). The van der Waals surface area contributed by atoms with Crippen molar-refractivity contribution in [3.05, 3.63) is 212 Å². The minimum atomic E-state index is 0. The van der Waals surface area contributed by atoms with Gasteiger partial charge in [-0.05, 0) is 152 Å². The lowest BCUT2D eigenvalue weighted by molar-refractivity contribution is 0.482. The Kier molecular flexibility index (Phi) is 10.9. The molecule has 5 heteroatoms. The molecule has 0 saturated heterocycles. The molecular weight excluding hydrogens is 675 g/mol. The number of nitrogens with zero attached hydrogens (tertiary/aromatic N) is 2. The van der Waals surface area contributed by atoms with E-state index in [-0.39, 0.29) is 7.43 Å². The Hall–Kier alpha value is -7.24. The van der Waals surface area contributed by atoms with Crippen molar-refractivity contribution in [2.24, 2.45) is 0 Å². The topological polar surface area (TPSA) is 51.0 Å². The highest BCUT2D eigenvalue weighted by Crippen LogP contribution is 2.39. The summed E-state index contributed by atoms with van der Waals surface area (Å²) >= 11 is 0. The number of rotatable bonds is 11. The molecule has 0 aliphatic rings. The van der Waals surface area contributed by atoms with Gasteiger partial charge in [0, 0.05) is 39.8 Å². The van der Waals surface area contributed by atoms with Gasteiger partial charge in [0.25, 0.3) is 0 Å². The van der Waals surface area contributed by atoms with E-state index < -0.39 is 0 Å². The second-order valence-electron chi connectivity index (χ2n) is 13.0. The van der Waals surface area contributed by atoms with Crippen LogP contribution in [0.5, 0.6) is 23.0 Å². The molecule has 0 atom stereocenters. The van der Waals surface area contributed by atoms with Crippen LogP contribution in [0.1, 0.15) is 13.0 Å². The van der Waals surface area contributed by atoms with Crippen molar-refractivity contribution in [3.63, 3.8) is 0 Å². The van der Waals surface area contributed by atoms with Gasteiger partial charge in [0.1, 0.15) is 23.0 Å². The minimum absolute atomic E-state index is 0. The summed E-state index contributed by atoms with van der Waals surface area (Å²) in [5.41, 5.74) is 16.3. The highest BCUT2D eigenvalue weighted by Gasteiger charge is 2.15. The Balaban J connectivity index is 0.00000465. The fourth-order valence-corrected chi connectivity index (χ4v) is 6.40. The Morgan fingerprint density at radius 2 is 0.600 bits per heavy atom. The number of ether oxygens (including phenoxy) is 2. The predicted octanol–water partition coefficient (Wildman–Crippen LogP) is 14.4. The highest BCUT2D eigenvalue weighted by molar-refractivity contribution is 5.81. The third-order valence-electron chi connectivity index (χ3n) is 9.18. The van der Waals surface area contributed by atoms with Crippen molar-refractivity contribution in [3.8, 4) is 34.1 Å². The number of aryl methyl sites for hydroxylation is 1. The summed E-state index contributed by atoms with van der Waals surface area (Å²) in [5.74, 6) is 3.11. The number of hydrogen-bond donors (Lipinski definition) is 1. The lowest BCUT2D eigenvalue weighted by Crippen LogP contribution is -2.10. The zero-order valence-electron chi connectivity index (χ0n) is 29.9. The van der Waals surface area contributed by atoms with Crippen LogP contribution in [0.15, 0.2) is 206 Å². The van der Waals surface area contributed by atoms with Gasteiger partial charge in [0.05, 0.1) is 0 Å². The molecule has 5 nitrogen and oxygen atoms in total. The summed E-state index contributed by atoms with van der Waals surface area (Å²) in [6, 6.07) is 70.1. The van der Waals surface area contributed by atoms with Gasteiger partial charge in [-0.1, -0.05) is 85.8 Å². The zero-order chi connectivity index (χ0) is 36.7. The van der Waals surface area contributed by atoms with Crippen molar-refractivity contribution in [2.45, 2.75) is 14.4 Å². The van der Waals surface area contributed by atoms with Crippen molar-refractivity contribution in [1.29, 1.82) is 0 Å². The summed E-state index contributed by atoms with van der Waals surface area (Å²) in [6.07, 6.45) is 0. The van der Waals surface area contributed by atoms with E-state index >= 15 is 0 Å². The number of nitrogen functional groups attached to an aromatic ring is 1. The van der Waals surface area contributed by atoms with E-state index in [0.29, 0.717) is 5.69 Å². The van der Waals surface area contributed by atoms with E-state index in [0.717, 1.165) is 68.2 Å². The molecule has 2 N–H and O–H groups in total. The number of benzene rings is 8. The Morgan fingerprint density at radius 3 is 0.945 bits per heavy atom. The number of para-hydroxylation sites is 2. The second kappa shape index (κ2) is 16.6. The largest absolute Gasteiger partial charge is 0.457 e. The first-order valence-corrected chi connectivity index (χ1v) is 17.9. The van der Waals surface area contributed by atoms with Crippen molar-refractivity contribution in [1.82, 2.24) is 0 Å². The molecule has 8 aromatic rings. The quantitative estimate of drug-likeness (QED) is 0.135. The summed E-state index contributed by atoms with van der Waals surface area (Å²) < 4.78 is 12.2. The van der Waals surface area contributed by atoms with Gasteiger partial charge in [0.2, 0.25) is 0 Å². The molecule has 0 saturated carbocycles. The lowest BCUT2D eigenvalue weighted by atomic mass is 10.0. The van der Waals surface area contributed by atoms with Gasteiger partial charge >= 0.3 is 0 Å². The molecular formula is C50H43N3O2. The van der Waals surface area contributed by atoms with Gasteiger partial charge in [0.15, 0.2) is 0 Å². The monoisotopic (exact) mass is 717 g/mol. The Labute approximate surface area is 324 Å². The maximum Gasteiger partial charge on any atom is 0.127 e. The number of nitrogens with two attached hydrogens (primary N) is 1. The maximum absolute atomic E-state index is 6.12. The average Bonchev–Trinajstić information content (AvgIpc) is 3.22. The third-order valence-corrected chi connectivity index (χ3v) is 9.18. The maximum atomic E-state index is 6.12. The molecule has 0 aliphatic heterocycles.